The Hall–Kier alpha value is -1.19. The van der Waals surface area contributed by atoms with Crippen LogP contribution in [0.3, 0.4) is 0 Å². The van der Waals surface area contributed by atoms with Gasteiger partial charge >= 0.3 is 5.97 Å². The van der Waals surface area contributed by atoms with Gasteiger partial charge in [-0.2, -0.15) is 0 Å². The summed E-state index contributed by atoms with van der Waals surface area (Å²) in [6.07, 6.45) is 5.12. The number of methoxy groups -OCH3 is 1. The van der Waals surface area contributed by atoms with Crippen LogP contribution in [0.25, 0.3) is 0 Å². The van der Waals surface area contributed by atoms with Crippen molar-refractivity contribution in [1.82, 2.24) is 0 Å². The number of carbonyl (C=O) groups excluding carboxylic acids is 3. The average molecular weight is 266 g/mol. The molecular formula is C15H22O4. The predicted octanol–water partition coefficient (Wildman–Crippen LogP) is 2.29. The normalized spacial score (nSPS) is 33.6. The first-order valence-corrected chi connectivity index (χ1v) is 7.09. The number of rotatable bonds is 4. The predicted molar refractivity (Wildman–Crippen MR) is 69.4 cm³/mol. The van der Waals surface area contributed by atoms with Crippen LogP contribution in [0.4, 0.5) is 0 Å². The number of ketones is 2. The van der Waals surface area contributed by atoms with Crippen LogP contribution in [0.15, 0.2) is 0 Å². The summed E-state index contributed by atoms with van der Waals surface area (Å²) >= 11 is 0. The molecule has 19 heavy (non-hydrogen) atoms. The molecule has 0 aromatic heterocycles. The van der Waals surface area contributed by atoms with Crippen LogP contribution in [0, 0.1) is 17.3 Å². The van der Waals surface area contributed by atoms with Crippen molar-refractivity contribution in [3.05, 3.63) is 0 Å². The molecule has 0 aromatic rings. The molecule has 0 spiro atoms. The second-order valence-corrected chi connectivity index (χ2v) is 6.11. The Balaban J connectivity index is 2.12. The number of Topliss-reactive ketones (excluding diaryl/α,β-unsaturated/α-hetero) is 2. The first-order valence-electron chi connectivity index (χ1n) is 7.09. The quantitative estimate of drug-likeness (QED) is 0.578. The molecule has 3 atom stereocenters. The maximum absolute atomic E-state index is 12.4. The van der Waals surface area contributed by atoms with E-state index in [2.05, 4.69) is 0 Å². The number of ether oxygens (including phenoxy) is 1. The van der Waals surface area contributed by atoms with Crippen LogP contribution in [0.1, 0.15) is 51.9 Å². The Kier molecular flexibility index (Phi) is 4.07. The minimum Gasteiger partial charge on any atom is -0.469 e. The highest BCUT2D eigenvalue weighted by Crippen LogP contribution is 2.52. The van der Waals surface area contributed by atoms with Gasteiger partial charge in [0, 0.05) is 5.41 Å². The SMILES string of the molecule is COC(=O)C1CCC2(C(=O)CC(C)=O)CCCC1C2. The van der Waals surface area contributed by atoms with Crippen molar-refractivity contribution in [3.8, 4) is 0 Å². The fraction of sp³-hybridized carbons (Fsp3) is 0.800. The van der Waals surface area contributed by atoms with Crippen molar-refractivity contribution in [3.63, 3.8) is 0 Å². The molecular weight excluding hydrogens is 244 g/mol. The molecule has 2 rings (SSSR count). The zero-order chi connectivity index (χ0) is 14.0. The maximum Gasteiger partial charge on any atom is 0.308 e. The molecule has 2 saturated carbocycles. The monoisotopic (exact) mass is 266 g/mol. The van der Waals surface area contributed by atoms with Crippen molar-refractivity contribution >= 4 is 17.5 Å². The first-order chi connectivity index (χ1) is 8.98. The maximum atomic E-state index is 12.4. The van der Waals surface area contributed by atoms with Gasteiger partial charge in [0.2, 0.25) is 0 Å². The molecule has 2 aliphatic carbocycles. The molecule has 106 valence electrons. The summed E-state index contributed by atoms with van der Waals surface area (Å²) in [5.41, 5.74) is -0.334. The second-order valence-electron chi connectivity index (χ2n) is 6.11. The van der Waals surface area contributed by atoms with E-state index in [9.17, 15) is 14.4 Å². The van der Waals surface area contributed by atoms with Crippen molar-refractivity contribution in [2.24, 2.45) is 17.3 Å². The smallest absolute Gasteiger partial charge is 0.308 e. The zero-order valence-electron chi connectivity index (χ0n) is 11.7. The molecule has 0 heterocycles. The second kappa shape index (κ2) is 5.43. The van der Waals surface area contributed by atoms with E-state index in [1.807, 2.05) is 0 Å². The van der Waals surface area contributed by atoms with Crippen LogP contribution >= 0.6 is 0 Å². The third-order valence-electron chi connectivity index (χ3n) is 4.89. The van der Waals surface area contributed by atoms with E-state index >= 15 is 0 Å². The number of carbonyl (C=O) groups is 3. The topological polar surface area (TPSA) is 60.4 Å². The molecule has 4 nitrogen and oxygen atoms in total. The number of hydrogen-bond donors (Lipinski definition) is 0. The number of hydrogen-bond acceptors (Lipinski definition) is 4. The summed E-state index contributed by atoms with van der Waals surface area (Å²) in [5.74, 6) is 0.0959. The lowest BCUT2D eigenvalue weighted by Gasteiger charge is -2.46. The summed E-state index contributed by atoms with van der Waals surface area (Å²) in [6.45, 7) is 1.47. The minimum absolute atomic E-state index is 0.0512. The van der Waals surface area contributed by atoms with E-state index < -0.39 is 0 Å². The van der Waals surface area contributed by atoms with E-state index in [0.717, 1.165) is 38.5 Å². The van der Waals surface area contributed by atoms with Gasteiger partial charge in [-0.1, -0.05) is 6.42 Å². The van der Waals surface area contributed by atoms with Crippen molar-refractivity contribution < 1.29 is 19.1 Å². The van der Waals surface area contributed by atoms with Gasteiger partial charge in [-0.15, -0.1) is 0 Å². The Morgan fingerprint density at radius 2 is 1.95 bits per heavy atom. The van der Waals surface area contributed by atoms with Crippen LogP contribution in [-0.2, 0) is 19.1 Å². The van der Waals surface area contributed by atoms with Crippen molar-refractivity contribution in [1.29, 1.82) is 0 Å². The van der Waals surface area contributed by atoms with Gasteiger partial charge in [-0.05, 0) is 44.9 Å². The molecule has 0 N–H and O–H groups in total. The fourth-order valence-corrected chi connectivity index (χ4v) is 3.91. The zero-order valence-corrected chi connectivity index (χ0v) is 11.7. The summed E-state index contributed by atoms with van der Waals surface area (Å²) in [6, 6.07) is 0. The summed E-state index contributed by atoms with van der Waals surface area (Å²) in [5, 5.41) is 0. The molecule has 4 heteroatoms. The average Bonchev–Trinajstić information content (AvgIpc) is 2.37. The molecule has 2 bridgehead atoms. The first kappa shape index (κ1) is 14.2. The number of esters is 1. The third-order valence-corrected chi connectivity index (χ3v) is 4.89. The highest BCUT2D eigenvalue weighted by atomic mass is 16.5. The minimum atomic E-state index is -0.334. The van der Waals surface area contributed by atoms with Gasteiger partial charge in [0.1, 0.15) is 11.6 Å². The number of fused-ring (bicyclic) bond motifs is 2. The van der Waals surface area contributed by atoms with Crippen LogP contribution in [0.2, 0.25) is 0 Å². The standard InChI is InChI=1S/C15H22O4/c1-10(16)8-13(17)15-6-3-4-11(9-15)12(5-7-15)14(18)19-2/h11-12H,3-9H2,1-2H3. The van der Waals surface area contributed by atoms with Gasteiger partial charge in [0.15, 0.2) is 0 Å². The fourth-order valence-electron chi connectivity index (χ4n) is 3.91. The third kappa shape index (κ3) is 2.72. The van der Waals surface area contributed by atoms with E-state index in [4.69, 9.17) is 4.74 Å². The van der Waals surface area contributed by atoms with E-state index in [1.54, 1.807) is 0 Å². The van der Waals surface area contributed by atoms with Crippen LogP contribution in [-0.4, -0.2) is 24.6 Å². The largest absolute Gasteiger partial charge is 0.469 e. The molecule has 2 fully saturated rings. The Bertz CT molecular complexity index is 401. The van der Waals surface area contributed by atoms with Crippen molar-refractivity contribution in [2.75, 3.05) is 7.11 Å². The lowest BCUT2D eigenvalue weighted by molar-refractivity contribution is -0.155. The van der Waals surface area contributed by atoms with Gasteiger partial charge in [-0.3, -0.25) is 14.4 Å². The van der Waals surface area contributed by atoms with Gasteiger partial charge in [0.25, 0.3) is 0 Å². The summed E-state index contributed by atoms with van der Waals surface area (Å²) in [7, 11) is 1.42. The molecule has 0 amide bonds. The van der Waals surface area contributed by atoms with Gasteiger partial charge in [-0.25, -0.2) is 0 Å². The van der Waals surface area contributed by atoms with E-state index in [1.165, 1.54) is 14.0 Å². The summed E-state index contributed by atoms with van der Waals surface area (Å²) in [4.78, 5) is 35.3. The van der Waals surface area contributed by atoms with E-state index in [-0.39, 0.29) is 41.2 Å². The Morgan fingerprint density at radius 1 is 1.21 bits per heavy atom. The van der Waals surface area contributed by atoms with Crippen LogP contribution in [0.5, 0.6) is 0 Å². The van der Waals surface area contributed by atoms with Crippen LogP contribution < -0.4 is 0 Å². The Morgan fingerprint density at radius 3 is 2.58 bits per heavy atom. The van der Waals surface area contributed by atoms with Gasteiger partial charge < -0.3 is 4.74 Å². The molecule has 3 unspecified atom stereocenters. The van der Waals surface area contributed by atoms with Gasteiger partial charge in [0.05, 0.1) is 19.4 Å². The Labute approximate surface area is 113 Å². The molecule has 0 saturated heterocycles. The molecule has 0 aromatic carbocycles. The summed E-state index contributed by atoms with van der Waals surface area (Å²) < 4.78 is 4.86. The molecule has 2 aliphatic rings. The van der Waals surface area contributed by atoms with E-state index in [0.29, 0.717) is 0 Å². The lowest BCUT2D eigenvalue weighted by Crippen LogP contribution is -2.45. The molecule has 0 aliphatic heterocycles. The molecule has 0 radical (unpaired) electrons. The highest BCUT2D eigenvalue weighted by Gasteiger charge is 2.49. The van der Waals surface area contributed by atoms with Crippen molar-refractivity contribution in [2.45, 2.75) is 51.9 Å². The highest BCUT2D eigenvalue weighted by molar-refractivity contribution is 6.01. The lowest BCUT2D eigenvalue weighted by atomic mass is 9.56.